The average molecular weight is 536 g/mol. The average Bonchev–Trinajstić information content (AvgIpc) is 3.67. The number of likely N-dealkylation sites (tertiary alicyclic amines) is 1. The fourth-order valence-corrected chi connectivity index (χ4v) is 3.80. The van der Waals surface area contributed by atoms with Gasteiger partial charge in [-0.3, -0.25) is 4.79 Å². The van der Waals surface area contributed by atoms with Gasteiger partial charge in [0.15, 0.2) is 6.10 Å². The van der Waals surface area contributed by atoms with Crippen LogP contribution in [0.15, 0.2) is 30.6 Å². The monoisotopic (exact) mass is 535 g/mol. The molecular formula is C27H39F2N5O4. The summed E-state index contributed by atoms with van der Waals surface area (Å²) in [6.07, 6.45) is 1.01. The van der Waals surface area contributed by atoms with E-state index in [1.807, 2.05) is 13.8 Å². The number of carbonyl (C=O) groups excluding carboxylic acids is 2. The van der Waals surface area contributed by atoms with E-state index < -0.39 is 30.3 Å². The van der Waals surface area contributed by atoms with Crippen LogP contribution in [-0.2, 0) is 9.53 Å². The summed E-state index contributed by atoms with van der Waals surface area (Å²) in [5.74, 6) is -2.47. The van der Waals surface area contributed by atoms with Gasteiger partial charge in [-0.1, -0.05) is 13.8 Å². The zero-order chi connectivity index (χ0) is 27.4. The Labute approximate surface area is 222 Å². The number of amides is 2. The molecule has 210 valence electrons. The Morgan fingerprint density at radius 2 is 1.79 bits per heavy atom. The van der Waals surface area contributed by atoms with Crippen LogP contribution in [0.3, 0.4) is 0 Å². The van der Waals surface area contributed by atoms with E-state index in [2.05, 4.69) is 15.3 Å². The third-order valence-electron chi connectivity index (χ3n) is 5.79. The Morgan fingerprint density at radius 1 is 1.11 bits per heavy atom. The number of carbonyl (C=O) groups is 2. The van der Waals surface area contributed by atoms with Crippen molar-refractivity contribution in [1.82, 2.24) is 21.0 Å². The molecule has 4 N–H and O–H groups in total. The summed E-state index contributed by atoms with van der Waals surface area (Å²) >= 11 is 0. The van der Waals surface area contributed by atoms with Crippen LogP contribution in [0.4, 0.5) is 19.4 Å². The van der Waals surface area contributed by atoms with E-state index in [4.69, 9.17) is 9.47 Å². The van der Waals surface area contributed by atoms with Gasteiger partial charge in [0.05, 0.1) is 12.2 Å². The summed E-state index contributed by atoms with van der Waals surface area (Å²) in [7, 11) is 0. The van der Waals surface area contributed by atoms with Gasteiger partial charge >= 0.3 is 12.0 Å². The number of aromatic nitrogens is 2. The molecule has 1 saturated heterocycles. The molecular weight excluding hydrogens is 496 g/mol. The third kappa shape index (κ3) is 8.08. The zero-order valence-electron chi connectivity index (χ0n) is 23.0. The van der Waals surface area contributed by atoms with Crippen LogP contribution in [0.5, 0.6) is 5.75 Å². The minimum Gasteiger partial charge on any atom is -0.484 e. The minimum absolute atomic E-state index is 0. The van der Waals surface area contributed by atoms with Crippen LogP contribution < -0.4 is 16.2 Å². The first-order chi connectivity index (χ1) is 17.4. The number of aryl methyl sites for hydroxylation is 1. The van der Waals surface area contributed by atoms with Gasteiger partial charge in [-0.25, -0.2) is 23.5 Å². The lowest BCUT2D eigenvalue weighted by Crippen LogP contribution is -2.56. The number of benzene rings is 1. The molecule has 4 rings (SSSR count). The van der Waals surface area contributed by atoms with Gasteiger partial charge in [-0.2, -0.15) is 0 Å². The van der Waals surface area contributed by atoms with E-state index in [-0.39, 0.29) is 30.9 Å². The second-order valence-corrected chi connectivity index (χ2v) is 10.1. The highest BCUT2D eigenvalue weighted by Crippen LogP contribution is 2.34. The second-order valence-electron chi connectivity index (χ2n) is 10.1. The number of nitrogens with one attached hydrogen (secondary N) is 1. The van der Waals surface area contributed by atoms with Gasteiger partial charge in [0.2, 0.25) is 5.91 Å². The molecule has 0 radical (unpaired) electrons. The maximum Gasteiger partial charge on any atom is 0.410 e. The lowest BCUT2D eigenvalue weighted by Gasteiger charge is -2.38. The Bertz CT molecular complexity index is 1120. The van der Waals surface area contributed by atoms with Crippen molar-refractivity contribution in [1.29, 1.82) is 0 Å². The molecule has 2 fully saturated rings. The normalized spacial score (nSPS) is 18.3. The van der Waals surface area contributed by atoms with Crippen LogP contribution in [0.25, 0.3) is 11.3 Å². The van der Waals surface area contributed by atoms with E-state index in [0.29, 0.717) is 22.8 Å². The van der Waals surface area contributed by atoms with Gasteiger partial charge in [0, 0.05) is 30.5 Å². The Balaban J connectivity index is 0.00000165. The number of nitrogens with zero attached hydrogens (tertiary/aromatic N) is 3. The zero-order valence-corrected chi connectivity index (χ0v) is 23.0. The van der Waals surface area contributed by atoms with Crippen molar-refractivity contribution in [2.75, 3.05) is 18.4 Å². The predicted octanol–water partition coefficient (Wildman–Crippen LogP) is 6.01. The van der Waals surface area contributed by atoms with E-state index in [9.17, 15) is 18.4 Å². The number of piperidine rings is 1. The van der Waals surface area contributed by atoms with E-state index in [1.165, 1.54) is 6.33 Å². The Hall–Kier alpha value is -3.34. The fourth-order valence-electron chi connectivity index (χ4n) is 3.80. The van der Waals surface area contributed by atoms with Crippen molar-refractivity contribution in [3.05, 3.63) is 36.2 Å². The maximum atomic E-state index is 14.9. The Morgan fingerprint density at radius 3 is 2.37 bits per heavy atom. The second kappa shape index (κ2) is 12.5. The van der Waals surface area contributed by atoms with Crippen molar-refractivity contribution >= 4 is 17.8 Å². The number of hydrogen-bond donors (Lipinski definition) is 2. The summed E-state index contributed by atoms with van der Waals surface area (Å²) < 4.78 is 40.6. The highest BCUT2D eigenvalue weighted by molar-refractivity contribution is 5.93. The van der Waals surface area contributed by atoms with E-state index in [1.54, 1.807) is 52.0 Å². The number of ether oxygens (including phenoxy) is 2. The summed E-state index contributed by atoms with van der Waals surface area (Å²) in [5.41, 5.74) is 1.24. The van der Waals surface area contributed by atoms with Gasteiger partial charge in [-0.05, 0) is 64.3 Å². The number of halogens is 2. The highest BCUT2D eigenvalue weighted by atomic mass is 19.3. The molecule has 2 heterocycles. The Kier molecular flexibility index (Phi) is 10.1. The largest absolute Gasteiger partial charge is 0.484 e. The molecule has 2 aliphatic rings. The van der Waals surface area contributed by atoms with E-state index in [0.717, 1.165) is 23.3 Å². The fraction of sp³-hybridized carbons (Fsp3) is 0.556. The quantitative estimate of drug-likeness (QED) is 0.479. The first-order valence-electron chi connectivity index (χ1n) is 12.7. The summed E-state index contributed by atoms with van der Waals surface area (Å²) in [5, 5.41) is 2.79. The summed E-state index contributed by atoms with van der Waals surface area (Å²) in [6.45, 7) is 10.2. The first-order valence-corrected chi connectivity index (χ1v) is 12.7. The molecule has 1 aromatic heterocycles. The molecule has 1 atom stereocenters. The van der Waals surface area contributed by atoms with Crippen LogP contribution in [0, 0.1) is 12.8 Å². The van der Waals surface area contributed by atoms with Gasteiger partial charge in [0.25, 0.3) is 0 Å². The van der Waals surface area contributed by atoms with Crippen molar-refractivity contribution in [2.24, 2.45) is 5.92 Å². The van der Waals surface area contributed by atoms with E-state index >= 15 is 0 Å². The molecule has 1 aliphatic heterocycles. The molecule has 9 nitrogen and oxygen atoms in total. The lowest BCUT2D eigenvalue weighted by molar-refractivity contribution is -0.137. The van der Waals surface area contributed by atoms with Gasteiger partial charge < -0.3 is 25.8 Å². The molecule has 1 saturated carbocycles. The molecule has 0 unspecified atom stereocenters. The molecule has 1 aromatic carbocycles. The minimum atomic E-state index is -3.23. The molecule has 2 aromatic rings. The van der Waals surface area contributed by atoms with Gasteiger partial charge in [0.1, 0.15) is 23.5 Å². The number of alkyl halides is 2. The molecule has 11 heteroatoms. The molecule has 0 bridgehead atoms. The van der Waals surface area contributed by atoms with Crippen LogP contribution >= 0.6 is 0 Å². The topological polar surface area (TPSA) is 129 Å². The standard InChI is InChI=1S/C25H30F2N4O4.C2H6.H3N/c1-15-11-17(18-12-21(29-14-28-18)30-22(32)16-5-6-16)7-8-19(15)34-20-9-10-31(13-25(20,26)27)23(33)35-24(2,3)4;1-2;/h7-8,11-12,14,16,20H,5-6,9-10,13H2,1-4H3,(H,28,29,30,32);1-2H3;1H3/t20-;;/m0../s1. The first kappa shape index (κ1) is 30.9. The lowest BCUT2D eigenvalue weighted by atomic mass is 10.0. The van der Waals surface area contributed by atoms with Crippen LogP contribution in [0.1, 0.15) is 59.4 Å². The molecule has 0 spiro atoms. The van der Waals surface area contributed by atoms with Crippen LogP contribution in [-0.4, -0.2) is 57.6 Å². The summed E-state index contributed by atoms with van der Waals surface area (Å²) in [6, 6.07) is 6.82. The molecule has 38 heavy (non-hydrogen) atoms. The number of anilines is 1. The predicted molar refractivity (Wildman–Crippen MR) is 142 cm³/mol. The molecule has 1 aliphatic carbocycles. The number of hydrogen-bond acceptors (Lipinski definition) is 7. The maximum absolute atomic E-state index is 14.9. The van der Waals surface area contributed by atoms with Crippen molar-refractivity contribution < 1.29 is 27.8 Å². The van der Waals surface area contributed by atoms with Crippen molar-refractivity contribution in [3.63, 3.8) is 0 Å². The summed E-state index contributed by atoms with van der Waals surface area (Å²) in [4.78, 5) is 33.6. The SMILES string of the molecule is CC.Cc1cc(-c2cc(NC(=O)C3CC3)ncn2)ccc1O[C@H]1CCN(C(=O)OC(C)(C)C)CC1(F)F.N. The molecule has 2 amide bonds. The number of rotatable bonds is 5. The highest BCUT2D eigenvalue weighted by Gasteiger charge is 2.48. The van der Waals surface area contributed by atoms with Crippen molar-refractivity contribution in [3.8, 4) is 17.0 Å². The van der Waals surface area contributed by atoms with Crippen molar-refractivity contribution in [2.45, 2.75) is 78.4 Å². The third-order valence-corrected chi connectivity index (χ3v) is 5.79. The van der Waals surface area contributed by atoms with Crippen LogP contribution in [0.2, 0.25) is 0 Å². The smallest absolute Gasteiger partial charge is 0.410 e. The van der Waals surface area contributed by atoms with Gasteiger partial charge in [-0.15, -0.1) is 0 Å².